The van der Waals surface area contributed by atoms with Gasteiger partial charge in [0.15, 0.2) is 0 Å². The van der Waals surface area contributed by atoms with Gasteiger partial charge in [0.25, 0.3) is 0 Å². The van der Waals surface area contributed by atoms with Crippen molar-refractivity contribution in [3.8, 4) is 0 Å². The van der Waals surface area contributed by atoms with E-state index in [-0.39, 0.29) is 0 Å². The summed E-state index contributed by atoms with van der Waals surface area (Å²) in [6.07, 6.45) is 3.91. The lowest BCUT2D eigenvalue weighted by Crippen LogP contribution is -2.30. The van der Waals surface area contributed by atoms with Crippen LogP contribution in [-0.4, -0.2) is 17.6 Å². The Labute approximate surface area is 109 Å². The second-order valence-corrected chi connectivity index (χ2v) is 4.62. The van der Waals surface area contributed by atoms with Gasteiger partial charge < -0.3 is 5.32 Å². The molecule has 0 saturated heterocycles. The summed E-state index contributed by atoms with van der Waals surface area (Å²) in [4.78, 5) is 4.32. The number of benzene rings is 1. The van der Waals surface area contributed by atoms with E-state index < -0.39 is 0 Å². The van der Waals surface area contributed by atoms with Crippen LogP contribution in [0.25, 0.3) is 0 Å². The van der Waals surface area contributed by atoms with Crippen LogP contribution in [0.4, 0.5) is 0 Å². The zero-order chi connectivity index (χ0) is 12.6. The molecule has 2 aromatic rings. The van der Waals surface area contributed by atoms with Crippen LogP contribution >= 0.6 is 0 Å². The molecule has 18 heavy (non-hydrogen) atoms. The first-order valence-corrected chi connectivity index (χ1v) is 6.52. The molecular formula is C16H20N2. The second-order valence-electron chi connectivity index (χ2n) is 4.62. The summed E-state index contributed by atoms with van der Waals surface area (Å²) in [6, 6.07) is 17.2. The third-order valence-corrected chi connectivity index (χ3v) is 2.98. The van der Waals surface area contributed by atoms with Gasteiger partial charge in [-0.05, 0) is 31.0 Å². The summed E-state index contributed by atoms with van der Waals surface area (Å²) in [5.74, 6) is 0. The lowest BCUT2D eigenvalue weighted by molar-refractivity contribution is 0.546. The van der Waals surface area contributed by atoms with Crippen molar-refractivity contribution < 1.29 is 0 Å². The minimum atomic E-state index is 0.496. The average molecular weight is 240 g/mol. The van der Waals surface area contributed by atoms with E-state index in [0.29, 0.717) is 6.04 Å². The van der Waals surface area contributed by atoms with Gasteiger partial charge in [0, 0.05) is 30.9 Å². The van der Waals surface area contributed by atoms with Crippen molar-refractivity contribution in [1.29, 1.82) is 0 Å². The summed E-state index contributed by atoms with van der Waals surface area (Å²) >= 11 is 0. The van der Waals surface area contributed by atoms with E-state index in [9.17, 15) is 0 Å². The predicted octanol–water partition coefficient (Wildman–Crippen LogP) is 2.84. The summed E-state index contributed by atoms with van der Waals surface area (Å²) in [6.45, 7) is 3.20. The average Bonchev–Trinajstić information content (AvgIpc) is 2.41. The van der Waals surface area contributed by atoms with Crippen molar-refractivity contribution in [3.05, 3.63) is 66.0 Å². The lowest BCUT2D eigenvalue weighted by atomic mass is 10.1. The molecule has 0 bridgehead atoms. The molecule has 1 N–H and O–H groups in total. The number of nitrogens with one attached hydrogen (secondary N) is 1. The molecule has 2 nitrogen and oxygen atoms in total. The van der Waals surface area contributed by atoms with Crippen molar-refractivity contribution in [3.63, 3.8) is 0 Å². The van der Waals surface area contributed by atoms with Crippen LogP contribution in [0.2, 0.25) is 0 Å². The topological polar surface area (TPSA) is 24.9 Å². The molecule has 0 aliphatic carbocycles. The Hall–Kier alpha value is -1.67. The Morgan fingerprint density at radius 1 is 1.06 bits per heavy atom. The third-order valence-electron chi connectivity index (χ3n) is 2.98. The number of nitrogens with zero attached hydrogens (tertiary/aromatic N) is 1. The van der Waals surface area contributed by atoms with E-state index >= 15 is 0 Å². The Morgan fingerprint density at radius 3 is 2.56 bits per heavy atom. The van der Waals surface area contributed by atoms with Gasteiger partial charge in [-0.15, -0.1) is 0 Å². The smallest absolute Gasteiger partial charge is 0.0416 e. The van der Waals surface area contributed by atoms with E-state index in [1.165, 1.54) is 5.56 Å². The van der Waals surface area contributed by atoms with E-state index in [4.69, 9.17) is 0 Å². The van der Waals surface area contributed by atoms with Crippen molar-refractivity contribution in [2.75, 3.05) is 6.54 Å². The molecule has 1 atom stereocenters. The highest BCUT2D eigenvalue weighted by Gasteiger charge is 2.02. The third kappa shape index (κ3) is 4.30. The van der Waals surface area contributed by atoms with Crippen molar-refractivity contribution >= 4 is 0 Å². The number of aromatic nitrogens is 1. The monoisotopic (exact) mass is 240 g/mol. The maximum absolute atomic E-state index is 4.32. The first-order valence-electron chi connectivity index (χ1n) is 6.52. The zero-order valence-corrected chi connectivity index (χ0v) is 10.8. The van der Waals surface area contributed by atoms with Crippen molar-refractivity contribution in [2.45, 2.75) is 25.8 Å². The molecule has 0 saturated carbocycles. The molecule has 2 rings (SSSR count). The minimum absolute atomic E-state index is 0.496. The van der Waals surface area contributed by atoms with Crippen LogP contribution < -0.4 is 5.32 Å². The predicted molar refractivity (Wildman–Crippen MR) is 75.6 cm³/mol. The van der Waals surface area contributed by atoms with E-state index in [1.54, 1.807) is 0 Å². The molecular weight excluding hydrogens is 220 g/mol. The maximum Gasteiger partial charge on any atom is 0.0416 e. The first-order chi connectivity index (χ1) is 8.84. The fraction of sp³-hybridized carbons (Fsp3) is 0.312. The highest BCUT2D eigenvalue weighted by Crippen LogP contribution is 2.02. The van der Waals surface area contributed by atoms with Gasteiger partial charge in [0.2, 0.25) is 0 Å². The SMILES string of the molecule is CC(Cc1ccccc1)NCCc1ccccn1. The van der Waals surface area contributed by atoms with E-state index in [1.807, 2.05) is 18.3 Å². The molecule has 94 valence electrons. The molecule has 1 heterocycles. The summed E-state index contributed by atoms with van der Waals surface area (Å²) < 4.78 is 0. The standard InChI is InChI=1S/C16H20N2/c1-14(13-15-7-3-2-4-8-15)17-12-10-16-9-5-6-11-18-16/h2-9,11,14,17H,10,12-13H2,1H3. The molecule has 1 unspecified atom stereocenters. The largest absolute Gasteiger partial charge is 0.314 e. The molecule has 1 aromatic carbocycles. The lowest BCUT2D eigenvalue weighted by Gasteiger charge is -2.13. The number of hydrogen-bond acceptors (Lipinski definition) is 2. The van der Waals surface area contributed by atoms with Gasteiger partial charge >= 0.3 is 0 Å². The molecule has 0 spiro atoms. The van der Waals surface area contributed by atoms with E-state index in [2.05, 4.69) is 53.6 Å². The maximum atomic E-state index is 4.32. The second kappa shape index (κ2) is 6.92. The molecule has 0 aliphatic heterocycles. The zero-order valence-electron chi connectivity index (χ0n) is 10.8. The van der Waals surface area contributed by atoms with Crippen LogP contribution in [-0.2, 0) is 12.8 Å². The molecule has 0 amide bonds. The quantitative estimate of drug-likeness (QED) is 0.840. The van der Waals surface area contributed by atoms with Crippen molar-refractivity contribution in [2.24, 2.45) is 0 Å². The van der Waals surface area contributed by atoms with Gasteiger partial charge in [0.1, 0.15) is 0 Å². The normalized spacial score (nSPS) is 12.3. The van der Waals surface area contributed by atoms with Gasteiger partial charge in [-0.25, -0.2) is 0 Å². The van der Waals surface area contributed by atoms with Gasteiger partial charge in [0.05, 0.1) is 0 Å². The molecule has 0 aliphatic rings. The molecule has 2 heteroatoms. The Kier molecular flexibility index (Phi) is 4.91. The van der Waals surface area contributed by atoms with Gasteiger partial charge in [-0.2, -0.15) is 0 Å². The van der Waals surface area contributed by atoms with Crippen LogP contribution in [0, 0.1) is 0 Å². The number of rotatable bonds is 6. The Balaban J connectivity index is 1.71. The Morgan fingerprint density at radius 2 is 1.83 bits per heavy atom. The van der Waals surface area contributed by atoms with Gasteiger partial charge in [-0.1, -0.05) is 36.4 Å². The van der Waals surface area contributed by atoms with Crippen LogP contribution in [0.1, 0.15) is 18.2 Å². The summed E-state index contributed by atoms with van der Waals surface area (Å²) in [5, 5.41) is 3.54. The van der Waals surface area contributed by atoms with Crippen LogP contribution in [0.5, 0.6) is 0 Å². The minimum Gasteiger partial charge on any atom is -0.314 e. The number of pyridine rings is 1. The van der Waals surface area contributed by atoms with E-state index in [0.717, 1.165) is 25.1 Å². The fourth-order valence-electron chi connectivity index (χ4n) is 2.03. The summed E-state index contributed by atoms with van der Waals surface area (Å²) in [7, 11) is 0. The van der Waals surface area contributed by atoms with Gasteiger partial charge in [-0.3, -0.25) is 4.98 Å². The summed E-state index contributed by atoms with van der Waals surface area (Å²) in [5.41, 5.74) is 2.53. The van der Waals surface area contributed by atoms with Crippen LogP contribution in [0.3, 0.4) is 0 Å². The highest BCUT2D eigenvalue weighted by molar-refractivity contribution is 5.15. The Bertz CT molecular complexity index is 439. The fourth-order valence-corrected chi connectivity index (χ4v) is 2.03. The molecule has 0 radical (unpaired) electrons. The first kappa shape index (κ1) is 12.8. The van der Waals surface area contributed by atoms with Crippen LogP contribution in [0.15, 0.2) is 54.7 Å². The molecule has 0 fully saturated rings. The molecule has 1 aromatic heterocycles. The highest BCUT2D eigenvalue weighted by atomic mass is 14.9. The number of hydrogen-bond donors (Lipinski definition) is 1. The van der Waals surface area contributed by atoms with Crippen molar-refractivity contribution in [1.82, 2.24) is 10.3 Å².